The summed E-state index contributed by atoms with van der Waals surface area (Å²) in [6, 6.07) is 15.4. The molecule has 1 unspecified atom stereocenters. The maximum Gasteiger partial charge on any atom is 0.307 e. The number of fused-ring (bicyclic) bond motifs is 1. The van der Waals surface area contributed by atoms with Crippen LogP contribution < -0.4 is 4.72 Å². The lowest BCUT2D eigenvalue weighted by Gasteiger charge is -2.17. The van der Waals surface area contributed by atoms with Gasteiger partial charge in [0.25, 0.3) is 0 Å². The summed E-state index contributed by atoms with van der Waals surface area (Å²) in [7, 11) is -2.50. The number of hydrogen-bond donors (Lipinski definition) is 1. The number of sulfonamides is 1. The van der Waals surface area contributed by atoms with E-state index in [0.717, 1.165) is 15.6 Å². The zero-order valence-corrected chi connectivity index (χ0v) is 15.1. The molecule has 1 atom stereocenters. The van der Waals surface area contributed by atoms with E-state index in [1.807, 2.05) is 35.7 Å². The second-order valence-electron chi connectivity index (χ2n) is 5.48. The Kier molecular flexibility index (Phi) is 5.17. The third kappa shape index (κ3) is 4.07. The van der Waals surface area contributed by atoms with Gasteiger partial charge in [-0.15, -0.1) is 11.3 Å². The summed E-state index contributed by atoms with van der Waals surface area (Å²) in [6.45, 7) is 0. The number of carbonyl (C=O) groups is 1. The van der Waals surface area contributed by atoms with Gasteiger partial charge in [0.2, 0.25) is 10.0 Å². The number of methoxy groups -OCH3 is 1. The van der Waals surface area contributed by atoms with Crippen molar-refractivity contribution in [1.29, 1.82) is 0 Å². The summed E-state index contributed by atoms with van der Waals surface area (Å²) in [4.78, 5) is 12.6. The van der Waals surface area contributed by atoms with Gasteiger partial charge in [-0.2, -0.15) is 0 Å². The highest BCUT2D eigenvalue weighted by molar-refractivity contribution is 7.89. The zero-order valence-electron chi connectivity index (χ0n) is 13.5. The zero-order chi connectivity index (χ0) is 17.9. The number of nitrogens with one attached hydrogen (secondary N) is 1. The van der Waals surface area contributed by atoms with Gasteiger partial charge in [-0.05, 0) is 34.4 Å². The molecule has 7 heteroatoms. The van der Waals surface area contributed by atoms with E-state index in [4.69, 9.17) is 0 Å². The van der Waals surface area contributed by atoms with Crippen LogP contribution in [0.1, 0.15) is 17.3 Å². The first-order valence-corrected chi connectivity index (χ1v) is 9.97. The van der Waals surface area contributed by atoms with Gasteiger partial charge < -0.3 is 4.74 Å². The van der Waals surface area contributed by atoms with Crippen molar-refractivity contribution in [1.82, 2.24) is 4.72 Å². The number of benzene rings is 2. The van der Waals surface area contributed by atoms with Crippen LogP contribution in [0, 0.1) is 0 Å². The highest BCUT2D eigenvalue weighted by Crippen LogP contribution is 2.26. The second-order valence-corrected chi connectivity index (χ2v) is 8.17. The van der Waals surface area contributed by atoms with Crippen LogP contribution in [0.25, 0.3) is 10.8 Å². The fourth-order valence-corrected chi connectivity index (χ4v) is 4.63. The molecule has 3 rings (SSSR count). The average Bonchev–Trinajstić information content (AvgIpc) is 3.15. The molecule has 130 valence electrons. The van der Waals surface area contributed by atoms with Crippen molar-refractivity contribution in [3.8, 4) is 0 Å². The molecule has 0 aliphatic carbocycles. The molecule has 1 heterocycles. The molecule has 0 radical (unpaired) electrons. The van der Waals surface area contributed by atoms with Crippen LogP contribution in [0.15, 0.2) is 64.9 Å². The van der Waals surface area contributed by atoms with Crippen molar-refractivity contribution >= 4 is 38.1 Å². The molecule has 0 amide bonds. The lowest BCUT2D eigenvalue weighted by Crippen LogP contribution is -2.30. The van der Waals surface area contributed by atoms with Crippen molar-refractivity contribution in [3.63, 3.8) is 0 Å². The average molecular weight is 375 g/mol. The van der Waals surface area contributed by atoms with E-state index in [0.29, 0.717) is 0 Å². The van der Waals surface area contributed by atoms with E-state index in [1.54, 1.807) is 24.3 Å². The summed E-state index contributed by atoms with van der Waals surface area (Å²) in [5.74, 6) is -0.473. The monoisotopic (exact) mass is 375 g/mol. The molecular formula is C18H17NO4S2. The summed E-state index contributed by atoms with van der Waals surface area (Å²) in [6.07, 6.45) is -0.0657. The van der Waals surface area contributed by atoms with Gasteiger partial charge in [0, 0.05) is 4.88 Å². The van der Waals surface area contributed by atoms with Crippen LogP contribution in [-0.2, 0) is 19.6 Å². The Morgan fingerprint density at radius 1 is 1.12 bits per heavy atom. The number of thiophene rings is 1. The molecular weight excluding hydrogens is 358 g/mol. The van der Waals surface area contributed by atoms with Crippen molar-refractivity contribution in [2.75, 3.05) is 7.11 Å². The number of esters is 1. The Morgan fingerprint density at radius 3 is 2.56 bits per heavy atom. The van der Waals surface area contributed by atoms with Gasteiger partial charge in [-0.3, -0.25) is 4.79 Å². The summed E-state index contributed by atoms with van der Waals surface area (Å²) in [5.41, 5.74) is 0. The second kappa shape index (κ2) is 7.35. The third-order valence-corrected chi connectivity index (χ3v) is 6.27. The molecule has 0 spiro atoms. The largest absolute Gasteiger partial charge is 0.469 e. The van der Waals surface area contributed by atoms with Gasteiger partial charge in [-0.1, -0.05) is 36.4 Å². The molecule has 25 heavy (non-hydrogen) atoms. The highest BCUT2D eigenvalue weighted by atomic mass is 32.2. The van der Waals surface area contributed by atoms with E-state index in [9.17, 15) is 13.2 Å². The van der Waals surface area contributed by atoms with Crippen LogP contribution in [0.5, 0.6) is 0 Å². The molecule has 0 aliphatic heterocycles. The lowest BCUT2D eigenvalue weighted by atomic mass is 10.1. The topological polar surface area (TPSA) is 72.5 Å². The SMILES string of the molecule is COC(=O)CC(NS(=O)(=O)c1ccc2ccccc2c1)c1cccs1. The lowest BCUT2D eigenvalue weighted by molar-refractivity contribution is -0.141. The van der Waals surface area contributed by atoms with Crippen LogP contribution in [0.3, 0.4) is 0 Å². The fraction of sp³-hybridized carbons (Fsp3) is 0.167. The van der Waals surface area contributed by atoms with E-state index >= 15 is 0 Å². The predicted molar refractivity (Wildman–Crippen MR) is 98.0 cm³/mol. The van der Waals surface area contributed by atoms with Gasteiger partial charge in [-0.25, -0.2) is 13.1 Å². The van der Waals surface area contributed by atoms with Crippen LogP contribution in [-0.4, -0.2) is 21.5 Å². The van der Waals surface area contributed by atoms with Crippen molar-refractivity contribution < 1.29 is 17.9 Å². The molecule has 2 aromatic carbocycles. The van der Waals surface area contributed by atoms with Crippen LogP contribution in [0.4, 0.5) is 0 Å². The molecule has 1 aromatic heterocycles. The summed E-state index contributed by atoms with van der Waals surface area (Å²) >= 11 is 1.39. The van der Waals surface area contributed by atoms with Crippen molar-refractivity contribution in [2.24, 2.45) is 0 Å². The molecule has 1 N–H and O–H groups in total. The van der Waals surface area contributed by atoms with Gasteiger partial charge in [0.1, 0.15) is 0 Å². The summed E-state index contributed by atoms with van der Waals surface area (Å²) < 4.78 is 32.9. The number of rotatable bonds is 6. The Hall–Kier alpha value is -2.22. The molecule has 0 saturated carbocycles. The molecule has 3 aromatic rings. The first-order valence-electron chi connectivity index (χ1n) is 7.61. The maximum absolute atomic E-state index is 12.8. The van der Waals surface area contributed by atoms with Crippen LogP contribution >= 0.6 is 11.3 Å². The molecule has 0 bridgehead atoms. The smallest absolute Gasteiger partial charge is 0.307 e. The molecule has 0 aliphatic rings. The van der Waals surface area contributed by atoms with Crippen molar-refractivity contribution in [3.05, 3.63) is 64.9 Å². The quantitative estimate of drug-likeness (QED) is 0.670. The predicted octanol–water partition coefficient (Wildman–Crippen LogP) is 3.48. The molecule has 0 saturated heterocycles. The summed E-state index contributed by atoms with van der Waals surface area (Å²) in [5, 5.41) is 3.64. The Morgan fingerprint density at radius 2 is 1.88 bits per heavy atom. The first kappa shape index (κ1) is 17.6. The van der Waals surface area contributed by atoms with Gasteiger partial charge in [0.15, 0.2) is 0 Å². The highest BCUT2D eigenvalue weighted by Gasteiger charge is 2.25. The number of hydrogen-bond acceptors (Lipinski definition) is 5. The molecule has 0 fully saturated rings. The Labute approximate surface area is 150 Å². The third-order valence-electron chi connectivity index (χ3n) is 3.81. The Balaban J connectivity index is 1.92. The standard InChI is InChI=1S/C18H17NO4S2/c1-23-18(20)12-16(17-7-4-10-24-17)19-25(21,22)15-9-8-13-5-2-3-6-14(13)11-15/h2-11,16,19H,12H2,1H3. The number of ether oxygens (including phenoxy) is 1. The van der Waals surface area contributed by atoms with Crippen LogP contribution in [0.2, 0.25) is 0 Å². The van der Waals surface area contributed by atoms with Gasteiger partial charge in [0.05, 0.1) is 24.5 Å². The minimum atomic E-state index is -3.78. The maximum atomic E-state index is 12.8. The molecule has 5 nitrogen and oxygen atoms in total. The fourth-order valence-electron chi connectivity index (χ4n) is 2.53. The van der Waals surface area contributed by atoms with Crippen molar-refractivity contribution in [2.45, 2.75) is 17.4 Å². The van der Waals surface area contributed by atoms with Gasteiger partial charge >= 0.3 is 5.97 Å². The Bertz CT molecular complexity index is 981. The number of carbonyl (C=O) groups excluding carboxylic acids is 1. The first-order chi connectivity index (χ1) is 12.0. The van der Waals surface area contributed by atoms with E-state index in [1.165, 1.54) is 18.4 Å². The normalized spacial score (nSPS) is 12.8. The van der Waals surface area contributed by atoms with E-state index < -0.39 is 22.0 Å². The van der Waals surface area contributed by atoms with E-state index in [2.05, 4.69) is 9.46 Å². The minimum absolute atomic E-state index is 0.0657. The van der Waals surface area contributed by atoms with E-state index in [-0.39, 0.29) is 11.3 Å². The minimum Gasteiger partial charge on any atom is -0.469 e.